The number of rotatable bonds is 6. The summed E-state index contributed by atoms with van der Waals surface area (Å²) < 4.78 is 0. The lowest BCUT2D eigenvalue weighted by molar-refractivity contribution is -0.121. The van der Waals surface area contributed by atoms with Crippen molar-refractivity contribution in [3.05, 3.63) is 29.3 Å². The van der Waals surface area contributed by atoms with E-state index < -0.39 is 0 Å². The third kappa shape index (κ3) is 4.56. The van der Waals surface area contributed by atoms with Gasteiger partial charge < -0.3 is 10.4 Å². The zero-order valence-corrected chi connectivity index (χ0v) is 15.4. The van der Waals surface area contributed by atoms with E-state index in [1.54, 1.807) is 0 Å². The predicted octanol–water partition coefficient (Wildman–Crippen LogP) is 2.06. The Morgan fingerprint density at radius 1 is 1.21 bits per heavy atom. The van der Waals surface area contributed by atoms with Crippen LogP contribution in [-0.2, 0) is 4.79 Å². The number of carbonyl (C=O) groups excluding carboxylic acids is 1. The van der Waals surface area contributed by atoms with E-state index in [4.69, 9.17) is 5.11 Å². The van der Waals surface area contributed by atoms with Crippen LogP contribution in [-0.4, -0.2) is 66.2 Å². The van der Waals surface area contributed by atoms with E-state index in [1.165, 1.54) is 5.56 Å². The monoisotopic (exact) mass is 333 g/mol. The first-order chi connectivity index (χ1) is 11.4. The maximum Gasteiger partial charge on any atom is 0.241 e. The van der Waals surface area contributed by atoms with Gasteiger partial charge in [0.05, 0.1) is 12.6 Å². The topological polar surface area (TPSA) is 55.8 Å². The van der Waals surface area contributed by atoms with Crippen molar-refractivity contribution >= 4 is 11.6 Å². The molecule has 1 aromatic rings. The van der Waals surface area contributed by atoms with Crippen molar-refractivity contribution in [3.8, 4) is 0 Å². The van der Waals surface area contributed by atoms with E-state index in [-0.39, 0.29) is 18.6 Å². The Bertz CT molecular complexity index is 552. The average Bonchev–Trinajstić information content (AvgIpc) is 2.56. The van der Waals surface area contributed by atoms with E-state index >= 15 is 0 Å². The highest BCUT2D eigenvalue weighted by Crippen LogP contribution is 2.27. The summed E-state index contributed by atoms with van der Waals surface area (Å²) in [5.41, 5.74) is 3.25. The van der Waals surface area contributed by atoms with E-state index in [2.05, 4.69) is 35.0 Å². The molecule has 5 heteroatoms. The first-order valence-electron chi connectivity index (χ1n) is 8.91. The number of anilines is 1. The second kappa shape index (κ2) is 8.60. The smallest absolute Gasteiger partial charge is 0.241 e. The molecule has 0 saturated carbocycles. The summed E-state index contributed by atoms with van der Waals surface area (Å²) >= 11 is 0. The van der Waals surface area contributed by atoms with E-state index in [0.717, 1.165) is 44.0 Å². The number of para-hydroxylation sites is 1. The number of hydrogen-bond donors (Lipinski definition) is 2. The highest BCUT2D eigenvalue weighted by molar-refractivity contribution is 5.96. The first kappa shape index (κ1) is 18.9. The zero-order chi connectivity index (χ0) is 17.7. The van der Waals surface area contributed by atoms with Gasteiger partial charge >= 0.3 is 0 Å². The van der Waals surface area contributed by atoms with Crippen LogP contribution in [0.15, 0.2) is 18.2 Å². The molecule has 0 bridgehead atoms. The molecule has 1 aliphatic rings. The average molecular weight is 333 g/mol. The van der Waals surface area contributed by atoms with Gasteiger partial charge in [-0.3, -0.25) is 14.6 Å². The molecule has 1 aliphatic heterocycles. The Kier molecular flexibility index (Phi) is 6.78. The van der Waals surface area contributed by atoms with Gasteiger partial charge in [0.15, 0.2) is 0 Å². The van der Waals surface area contributed by atoms with Gasteiger partial charge in [0, 0.05) is 38.4 Å². The molecular weight excluding hydrogens is 302 g/mol. The van der Waals surface area contributed by atoms with Gasteiger partial charge in [-0.25, -0.2) is 0 Å². The van der Waals surface area contributed by atoms with Crippen molar-refractivity contribution < 1.29 is 9.90 Å². The van der Waals surface area contributed by atoms with Crippen LogP contribution in [0.5, 0.6) is 0 Å². The number of nitrogens with zero attached hydrogens (tertiary/aromatic N) is 2. The molecule has 5 nitrogen and oxygen atoms in total. The molecule has 2 rings (SSSR count). The molecule has 1 amide bonds. The molecule has 1 atom stereocenters. The van der Waals surface area contributed by atoms with Gasteiger partial charge in [-0.2, -0.15) is 0 Å². The van der Waals surface area contributed by atoms with E-state index in [0.29, 0.717) is 5.92 Å². The molecule has 1 fully saturated rings. The lowest BCUT2D eigenvalue weighted by Crippen LogP contribution is -2.53. The number of benzene rings is 1. The summed E-state index contributed by atoms with van der Waals surface area (Å²) in [6.07, 6.45) is 0. The van der Waals surface area contributed by atoms with Crippen molar-refractivity contribution in [3.63, 3.8) is 0 Å². The number of aliphatic hydroxyl groups is 1. The second-order valence-electron chi connectivity index (χ2n) is 6.96. The van der Waals surface area contributed by atoms with Gasteiger partial charge in [-0.15, -0.1) is 0 Å². The minimum absolute atomic E-state index is 0.0572. The fourth-order valence-corrected chi connectivity index (χ4v) is 3.25. The van der Waals surface area contributed by atoms with Gasteiger partial charge in [0.2, 0.25) is 5.91 Å². The van der Waals surface area contributed by atoms with Crippen molar-refractivity contribution in [2.24, 2.45) is 0 Å². The minimum Gasteiger partial charge on any atom is -0.395 e. The second-order valence-corrected chi connectivity index (χ2v) is 6.96. The number of aryl methyl sites for hydroxylation is 1. The van der Waals surface area contributed by atoms with Crippen molar-refractivity contribution in [2.45, 2.75) is 39.7 Å². The summed E-state index contributed by atoms with van der Waals surface area (Å²) in [7, 11) is 0. The molecule has 134 valence electrons. The van der Waals surface area contributed by atoms with Gasteiger partial charge in [-0.1, -0.05) is 32.0 Å². The summed E-state index contributed by atoms with van der Waals surface area (Å²) in [5, 5.41) is 12.2. The largest absolute Gasteiger partial charge is 0.395 e. The lowest BCUT2D eigenvalue weighted by atomic mass is 9.98. The third-order valence-corrected chi connectivity index (χ3v) is 4.93. The quantitative estimate of drug-likeness (QED) is 0.837. The highest BCUT2D eigenvalue weighted by Gasteiger charge is 2.26. The Morgan fingerprint density at radius 3 is 2.46 bits per heavy atom. The minimum atomic E-state index is -0.152. The van der Waals surface area contributed by atoms with Crippen LogP contribution in [0.25, 0.3) is 0 Å². The standard InChI is InChI=1S/C19H31N3O2/c1-14(2)17-7-5-6-15(3)18(17)20-19(24)16(4)22-10-8-21(9-11-22)12-13-23/h5-7,14,16,23H,8-13H2,1-4H3,(H,20,24). The maximum atomic E-state index is 12.7. The van der Waals surface area contributed by atoms with Crippen LogP contribution in [0.1, 0.15) is 37.8 Å². The van der Waals surface area contributed by atoms with Crippen LogP contribution < -0.4 is 5.32 Å². The third-order valence-electron chi connectivity index (χ3n) is 4.93. The van der Waals surface area contributed by atoms with Crippen LogP contribution in [0, 0.1) is 6.92 Å². The van der Waals surface area contributed by atoms with Crippen molar-refractivity contribution in [2.75, 3.05) is 44.6 Å². The normalized spacial score (nSPS) is 17.9. The Hall–Kier alpha value is -1.43. The number of β-amino-alcohol motifs (C(OH)–C–C–N with tert-alkyl or cyclic N) is 1. The molecular formula is C19H31N3O2. The van der Waals surface area contributed by atoms with Crippen LogP contribution in [0.3, 0.4) is 0 Å². The molecule has 1 saturated heterocycles. The zero-order valence-electron chi connectivity index (χ0n) is 15.4. The summed E-state index contributed by atoms with van der Waals surface area (Å²) in [5.74, 6) is 0.430. The number of piperazine rings is 1. The highest BCUT2D eigenvalue weighted by atomic mass is 16.3. The Morgan fingerprint density at radius 2 is 1.88 bits per heavy atom. The fraction of sp³-hybridized carbons (Fsp3) is 0.632. The fourth-order valence-electron chi connectivity index (χ4n) is 3.25. The Balaban J connectivity index is 2.00. The summed E-state index contributed by atoms with van der Waals surface area (Å²) in [6.45, 7) is 12.8. The maximum absolute atomic E-state index is 12.7. The summed E-state index contributed by atoms with van der Waals surface area (Å²) in [6, 6.07) is 6.02. The van der Waals surface area contributed by atoms with Gasteiger partial charge in [0.1, 0.15) is 0 Å². The van der Waals surface area contributed by atoms with E-state index in [9.17, 15) is 4.79 Å². The number of amides is 1. The molecule has 1 heterocycles. The molecule has 0 aromatic heterocycles. The van der Waals surface area contributed by atoms with Crippen LogP contribution in [0.2, 0.25) is 0 Å². The number of carbonyl (C=O) groups is 1. The van der Waals surface area contributed by atoms with E-state index in [1.807, 2.05) is 26.0 Å². The van der Waals surface area contributed by atoms with Crippen LogP contribution in [0.4, 0.5) is 5.69 Å². The van der Waals surface area contributed by atoms with Gasteiger partial charge in [0.25, 0.3) is 0 Å². The molecule has 2 N–H and O–H groups in total. The van der Waals surface area contributed by atoms with Crippen molar-refractivity contribution in [1.29, 1.82) is 0 Å². The SMILES string of the molecule is Cc1cccc(C(C)C)c1NC(=O)C(C)N1CCN(CCO)CC1. The summed E-state index contributed by atoms with van der Waals surface area (Å²) in [4.78, 5) is 17.2. The Labute approximate surface area is 145 Å². The molecule has 24 heavy (non-hydrogen) atoms. The molecule has 1 unspecified atom stereocenters. The number of aliphatic hydroxyl groups excluding tert-OH is 1. The molecule has 0 aliphatic carbocycles. The lowest BCUT2D eigenvalue weighted by Gasteiger charge is -2.37. The van der Waals surface area contributed by atoms with Crippen LogP contribution >= 0.6 is 0 Å². The number of hydrogen-bond acceptors (Lipinski definition) is 4. The van der Waals surface area contributed by atoms with Gasteiger partial charge in [-0.05, 0) is 30.9 Å². The molecule has 1 aromatic carbocycles. The number of nitrogens with one attached hydrogen (secondary N) is 1. The molecule has 0 radical (unpaired) electrons. The predicted molar refractivity (Wildman–Crippen MR) is 98.5 cm³/mol. The molecule has 0 spiro atoms. The van der Waals surface area contributed by atoms with Crippen molar-refractivity contribution in [1.82, 2.24) is 9.80 Å². The first-order valence-corrected chi connectivity index (χ1v) is 8.91.